The summed E-state index contributed by atoms with van der Waals surface area (Å²) in [5, 5.41) is 23.7. The Morgan fingerprint density at radius 2 is 0.887 bits per heavy atom. The maximum absolute atomic E-state index is 13.2. The average molecular weight is 856 g/mol. The molecule has 0 radical (unpaired) electrons. The molecule has 0 heterocycles. The Morgan fingerprint density at radius 3 is 1.34 bits per heavy atom. The fraction of sp³-hybridized carbons (Fsp3) is 0.571. The maximum atomic E-state index is 13.2. The van der Waals surface area contributed by atoms with E-state index in [1.807, 2.05) is 109 Å². The second-order valence-corrected chi connectivity index (χ2v) is 16.0. The Kier molecular flexibility index (Phi) is 44.9. The molecule has 3 N–H and O–H groups in total. The van der Waals surface area contributed by atoms with Crippen LogP contribution >= 0.6 is 0 Å². The number of carbonyl (C=O) groups excluding carboxylic acids is 2. The van der Waals surface area contributed by atoms with Crippen molar-refractivity contribution in [3.63, 3.8) is 0 Å². The number of aliphatic hydroxyl groups is 2. The predicted octanol–water partition coefficient (Wildman–Crippen LogP) is 14.7. The number of carbonyl (C=O) groups is 2. The van der Waals surface area contributed by atoms with Crippen LogP contribution in [0.1, 0.15) is 181 Å². The van der Waals surface area contributed by atoms with E-state index in [2.05, 4.69) is 50.4 Å². The highest BCUT2D eigenvalue weighted by Crippen LogP contribution is 2.16. The van der Waals surface area contributed by atoms with Crippen molar-refractivity contribution in [1.29, 1.82) is 0 Å². The Labute approximate surface area is 380 Å². The molecule has 0 aliphatic heterocycles. The van der Waals surface area contributed by atoms with Gasteiger partial charge in [0.05, 0.1) is 25.2 Å². The molecule has 1 amide bonds. The summed E-state index contributed by atoms with van der Waals surface area (Å²) in [5.41, 5.74) is 0. The standard InChI is InChI=1S/C56H89NO5/c1-4-7-10-13-16-19-22-25-27-30-32-35-38-41-44-47-52(62-56(61)49-46-43-40-37-34-31-28-26-23-20-17-14-11-8-5-2)50-55(60)57-53(51-58)54(59)48-45-42-39-36-33-29-24-21-18-15-12-9-6-3/h7-8,10-11,13-14,16-17,19-20,22-23,25-28,30-32,34-35,38,52-54,58-59H,4-6,9,12,15,18,21,24,29,33,36-37,39-51H2,1-3H3,(H,57,60)/b10-7-,11-8+,16-13+,17-14+,22-19+,23-20-,27-25-,28-26-,32-30+,34-31+,38-35+. The molecule has 0 aromatic rings. The van der Waals surface area contributed by atoms with E-state index in [1.54, 1.807) is 0 Å². The van der Waals surface area contributed by atoms with Gasteiger partial charge in [-0.2, -0.15) is 0 Å². The minimum absolute atomic E-state index is 0.000592. The number of rotatable bonds is 41. The number of unbranched alkanes of at least 4 members (excludes halogenated alkanes) is 16. The van der Waals surface area contributed by atoms with Crippen molar-refractivity contribution in [1.82, 2.24) is 5.32 Å². The van der Waals surface area contributed by atoms with Gasteiger partial charge in [-0.15, -0.1) is 0 Å². The number of hydrogen-bond donors (Lipinski definition) is 3. The summed E-state index contributed by atoms with van der Waals surface area (Å²) in [5.74, 6) is -0.615. The van der Waals surface area contributed by atoms with E-state index >= 15 is 0 Å². The van der Waals surface area contributed by atoms with Crippen molar-refractivity contribution < 1.29 is 24.5 Å². The van der Waals surface area contributed by atoms with Gasteiger partial charge in [-0.05, 0) is 57.8 Å². The number of esters is 1. The van der Waals surface area contributed by atoms with Gasteiger partial charge >= 0.3 is 5.97 Å². The molecular weight excluding hydrogens is 767 g/mol. The van der Waals surface area contributed by atoms with Crippen LogP contribution in [0.15, 0.2) is 134 Å². The van der Waals surface area contributed by atoms with Crippen LogP contribution in [0.5, 0.6) is 0 Å². The van der Waals surface area contributed by atoms with Crippen LogP contribution in [-0.4, -0.2) is 46.9 Å². The smallest absolute Gasteiger partial charge is 0.306 e. The zero-order chi connectivity index (χ0) is 45.2. The summed E-state index contributed by atoms with van der Waals surface area (Å²) >= 11 is 0. The largest absolute Gasteiger partial charge is 0.462 e. The van der Waals surface area contributed by atoms with Crippen LogP contribution in [0.2, 0.25) is 0 Å². The minimum Gasteiger partial charge on any atom is -0.462 e. The second kappa shape index (κ2) is 48.0. The monoisotopic (exact) mass is 856 g/mol. The van der Waals surface area contributed by atoms with Gasteiger partial charge in [0.15, 0.2) is 0 Å². The predicted molar refractivity (Wildman–Crippen MR) is 268 cm³/mol. The zero-order valence-electron chi connectivity index (χ0n) is 39.4. The van der Waals surface area contributed by atoms with Crippen molar-refractivity contribution in [2.75, 3.05) is 6.61 Å². The number of amides is 1. The molecule has 0 aliphatic rings. The Hall–Kier alpha value is -4.00. The summed E-state index contributed by atoms with van der Waals surface area (Å²) in [6.07, 6.45) is 67.9. The van der Waals surface area contributed by atoms with Crippen molar-refractivity contribution in [3.8, 4) is 0 Å². The number of aliphatic hydroxyl groups excluding tert-OH is 2. The molecule has 3 unspecified atom stereocenters. The van der Waals surface area contributed by atoms with E-state index < -0.39 is 18.2 Å². The van der Waals surface area contributed by atoms with Crippen molar-refractivity contribution in [3.05, 3.63) is 134 Å². The van der Waals surface area contributed by atoms with Gasteiger partial charge in [0, 0.05) is 6.42 Å². The minimum atomic E-state index is -0.824. The average Bonchev–Trinajstić information content (AvgIpc) is 3.26. The van der Waals surface area contributed by atoms with E-state index in [4.69, 9.17) is 4.74 Å². The quantitative estimate of drug-likeness (QED) is 0.0323. The molecule has 0 rings (SSSR count). The van der Waals surface area contributed by atoms with Crippen LogP contribution in [0.25, 0.3) is 0 Å². The van der Waals surface area contributed by atoms with Crippen LogP contribution in [0.3, 0.4) is 0 Å². The molecule has 0 aromatic heterocycles. The molecule has 348 valence electrons. The first-order chi connectivity index (χ1) is 30.5. The first kappa shape index (κ1) is 58.0. The Bertz CT molecular complexity index is 1370. The van der Waals surface area contributed by atoms with E-state index in [0.717, 1.165) is 70.6 Å². The lowest BCUT2D eigenvalue weighted by Crippen LogP contribution is -2.46. The fourth-order valence-electron chi connectivity index (χ4n) is 6.60. The molecule has 0 saturated carbocycles. The number of hydrogen-bond acceptors (Lipinski definition) is 5. The van der Waals surface area contributed by atoms with Crippen LogP contribution in [-0.2, 0) is 14.3 Å². The van der Waals surface area contributed by atoms with Crippen LogP contribution < -0.4 is 5.32 Å². The highest BCUT2D eigenvalue weighted by Gasteiger charge is 2.24. The second-order valence-electron chi connectivity index (χ2n) is 16.0. The molecule has 6 nitrogen and oxygen atoms in total. The molecule has 6 heteroatoms. The molecule has 0 aromatic carbocycles. The fourth-order valence-corrected chi connectivity index (χ4v) is 6.60. The molecule has 0 bridgehead atoms. The van der Waals surface area contributed by atoms with Crippen LogP contribution in [0, 0.1) is 0 Å². The first-order valence-electron chi connectivity index (χ1n) is 24.6. The summed E-state index contributed by atoms with van der Waals surface area (Å²) in [4.78, 5) is 26.1. The van der Waals surface area contributed by atoms with Crippen molar-refractivity contribution in [2.45, 2.75) is 200 Å². The van der Waals surface area contributed by atoms with Gasteiger partial charge in [0.1, 0.15) is 6.10 Å². The maximum Gasteiger partial charge on any atom is 0.306 e. The normalized spacial score (nSPS) is 14.5. The summed E-state index contributed by atoms with van der Waals surface area (Å²) in [6.45, 7) is 6.14. The third-order valence-corrected chi connectivity index (χ3v) is 10.3. The van der Waals surface area contributed by atoms with E-state index in [-0.39, 0.29) is 24.9 Å². The highest BCUT2D eigenvalue weighted by atomic mass is 16.5. The van der Waals surface area contributed by atoms with Gasteiger partial charge in [-0.3, -0.25) is 9.59 Å². The molecule has 0 aliphatic carbocycles. The number of ether oxygens (including phenoxy) is 1. The molecule has 0 fully saturated rings. The Balaban J connectivity index is 4.86. The van der Waals surface area contributed by atoms with Gasteiger partial charge in [0.25, 0.3) is 0 Å². The lowest BCUT2D eigenvalue weighted by Gasteiger charge is -2.24. The molecule has 62 heavy (non-hydrogen) atoms. The third-order valence-electron chi connectivity index (χ3n) is 10.3. The van der Waals surface area contributed by atoms with Gasteiger partial charge in [-0.1, -0.05) is 244 Å². The molecule has 0 saturated heterocycles. The van der Waals surface area contributed by atoms with E-state index in [0.29, 0.717) is 19.3 Å². The van der Waals surface area contributed by atoms with Gasteiger partial charge in [-0.25, -0.2) is 0 Å². The third kappa shape index (κ3) is 42.7. The summed E-state index contributed by atoms with van der Waals surface area (Å²) in [7, 11) is 0. The Morgan fingerprint density at radius 1 is 0.484 bits per heavy atom. The first-order valence-corrected chi connectivity index (χ1v) is 24.6. The van der Waals surface area contributed by atoms with E-state index in [9.17, 15) is 19.8 Å². The van der Waals surface area contributed by atoms with Crippen molar-refractivity contribution >= 4 is 11.9 Å². The highest BCUT2D eigenvalue weighted by molar-refractivity contribution is 5.77. The van der Waals surface area contributed by atoms with Gasteiger partial charge < -0.3 is 20.3 Å². The number of nitrogens with one attached hydrogen (secondary N) is 1. The summed E-state index contributed by atoms with van der Waals surface area (Å²) < 4.78 is 5.86. The van der Waals surface area contributed by atoms with Gasteiger partial charge in [0.2, 0.25) is 5.91 Å². The molecule has 3 atom stereocenters. The van der Waals surface area contributed by atoms with Crippen LogP contribution in [0.4, 0.5) is 0 Å². The summed E-state index contributed by atoms with van der Waals surface area (Å²) in [6, 6.07) is -0.744. The lowest BCUT2D eigenvalue weighted by atomic mass is 10.0. The SMILES string of the molecule is CC\C=C/C=C/C=C/C=C\C=C\C=C\CCCC(CC(=O)NC(CO)C(O)CCCCCCCCCCCCCCC)OC(=O)CCCCC/C=C/C=C\C=C/C=C/C=C/CC. The molecular formula is C56H89NO5. The zero-order valence-corrected chi connectivity index (χ0v) is 39.4. The lowest BCUT2D eigenvalue weighted by molar-refractivity contribution is -0.151. The molecule has 0 spiro atoms. The van der Waals surface area contributed by atoms with E-state index in [1.165, 1.54) is 64.2 Å². The number of allylic oxidation sites excluding steroid dienone is 22. The topological polar surface area (TPSA) is 95.9 Å². The van der Waals surface area contributed by atoms with Crippen molar-refractivity contribution in [2.24, 2.45) is 0 Å².